The maximum Gasteiger partial charge on any atom is 0.310 e. The van der Waals surface area contributed by atoms with Gasteiger partial charge < -0.3 is 15.3 Å². The van der Waals surface area contributed by atoms with Gasteiger partial charge in [-0.1, -0.05) is 20.8 Å². The third kappa shape index (κ3) is 4.20. The van der Waals surface area contributed by atoms with Gasteiger partial charge in [0.05, 0.1) is 5.41 Å². The van der Waals surface area contributed by atoms with Crippen molar-refractivity contribution >= 4 is 11.9 Å². The number of carbonyl (C=O) groups excluding carboxylic acids is 1. The predicted molar refractivity (Wildman–Crippen MR) is 78.5 cm³/mol. The third-order valence-electron chi connectivity index (χ3n) is 4.69. The first-order chi connectivity index (χ1) is 9.29. The van der Waals surface area contributed by atoms with Crippen molar-refractivity contribution in [2.45, 2.75) is 53.0 Å². The average Bonchev–Trinajstić information content (AvgIpc) is 2.38. The Morgan fingerprint density at radius 1 is 1.35 bits per heavy atom. The SMILES string of the molecule is CCN1CCC(NC(=O)CC(C)(C(=O)O)C(C)C)CC1. The molecule has 0 aromatic carbocycles. The maximum atomic E-state index is 12.1. The molecule has 1 atom stereocenters. The molecule has 1 unspecified atom stereocenters. The zero-order chi connectivity index (χ0) is 15.3. The van der Waals surface area contributed by atoms with Crippen LogP contribution < -0.4 is 5.32 Å². The number of nitrogens with one attached hydrogen (secondary N) is 1. The summed E-state index contributed by atoms with van der Waals surface area (Å²) in [6, 6.07) is 0.190. The van der Waals surface area contributed by atoms with Crippen LogP contribution in [0.1, 0.15) is 47.0 Å². The molecule has 1 aliphatic heterocycles. The highest BCUT2D eigenvalue weighted by atomic mass is 16.4. The Balaban J connectivity index is 2.49. The third-order valence-corrected chi connectivity index (χ3v) is 4.69. The largest absolute Gasteiger partial charge is 0.481 e. The minimum atomic E-state index is -0.992. The summed E-state index contributed by atoms with van der Waals surface area (Å²) in [5, 5.41) is 12.3. The van der Waals surface area contributed by atoms with Gasteiger partial charge in [-0.25, -0.2) is 0 Å². The molecule has 5 nitrogen and oxygen atoms in total. The molecule has 1 heterocycles. The second-order valence-electron chi connectivity index (χ2n) is 6.33. The van der Waals surface area contributed by atoms with Gasteiger partial charge in [0.2, 0.25) is 5.91 Å². The summed E-state index contributed by atoms with van der Waals surface area (Å²) in [6.45, 7) is 10.5. The lowest BCUT2D eigenvalue weighted by atomic mass is 9.76. The zero-order valence-electron chi connectivity index (χ0n) is 13.1. The molecule has 5 heteroatoms. The molecule has 1 saturated heterocycles. The first-order valence-corrected chi connectivity index (χ1v) is 7.54. The molecule has 0 saturated carbocycles. The highest BCUT2D eigenvalue weighted by molar-refractivity contribution is 5.85. The van der Waals surface area contributed by atoms with Gasteiger partial charge in [-0.2, -0.15) is 0 Å². The normalized spacial score (nSPS) is 20.6. The summed E-state index contributed by atoms with van der Waals surface area (Å²) in [6.07, 6.45) is 1.95. The van der Waals surface area contributed by atoms with Crippen LogP contribution in [0.4, 0.5) is 0 Å². The lowest BCUT2D eigenvalue weighted by Gasteiger charge is -2.33. The Hall–Kier alpha value is -1.10. The van der Waals surface area contributed by atoms with Crippen LogP contribution in [0, 0.1) is 11.3 Å². The van der Waals surface area contributed by atoms with Crippen LogP contribution in [-0.4, -0.2) is 47.6 Å². The summed E-state index contributed by atoms with van der Waals surface area (Å²) in [5.41, 5.74) is -0.992. The summed E-state index contributed by atoms with van der Waals surface area (Å²) >= 11 is 0. The quantitative estimate of drug-likeness (QED) is 0.779. The van der Waals surface area contributed by atoms with E-state index in [-0.39, 0.29) is 24.3 Å². The molecule has 0 aromatic heterocycles. The van der Waals surface area contributed by atoms with Crippen LogP contribution in [0.3, 0.4) is 0 Å². The van der Waals surface area contributed by atoms with E-state index in [9.17, 15) is 14.7 Å². The fourth-order valence-electron chi connectivity index (χ4n) is 2.53. The Kier molecular flexibility index (Phi) is 5.99. The van der Waals surface area contributed by atoms with E-state index in [4.69, 9.17) is 0 Å². The van der Waals surface area contributed by atoms with E-state index < -0.39 is 11.4 Å². The van der Waals surface area contributed by atoms with Gasteiger partial charge in [0.1, 0.15) is 0 Å². The van der Waals surface area contributed by atoms with Crippen molar-refractivity contribution in [3.8, 4) is 0 Å². The van der Waals surface area contributed by atoms with Crippen molar-refractivity contribution in [3.63, 3.8) is 0 Å². The highest BCUT2D eigenvalue weighted by Crippen LogP contribution is 2.31. The molecule has 1 fully saturated rings. The number of carboxylic acid groups (broad SMARTS) is 1. The predicted octanol–water partition coefficient (Wildman–Crippen LogP) is 1.72. The Labute approximate surface area is 121 Å². The van der Waals surface area contributed by atoms with E-state index in [2.05, 4.69) is 17.1 Å². The Morgan fingerprint density at radius 2 is 1.90 bits per heavy atom. The smallest absolute Gasteiger partial charge is 0.310 e. The summed E-state index contributed by atoms with van der Waals surface area (Å²) in [7, 11) is 0. The molecule has 1 aliphatic rings. The topological polar surface area (TPSA) is 69.6 Å². The van der Waals surface area contributed by atoms with Gasteiger partial charge in [0.15, 0.2) is 0 Å². The second-order valence-corrected chi connectivity index (χ2v) is 6.33. The van der Waals surface area contributed by atoms with Gasteiger partial charge in [-0.15, -0.1) is 0 Å². The first kappa shape index (κ1) is 17.0. The molecule has 0 aliphatic carbocycles. The zero-order valence-corrected chi connectivity index (χ0v) is 13.1. The molecule has 20 heavy (non-hydrogen) atoms. The number of carboxylic acids is 1. The van der Waals surface area contributed by atoms with Gasteiger partial charge in [-0.05, 0) is 32.2 Å². The highest BCUT2D eigenvalue weighted by Gasteiger charge is 2.39. The number of likely N-dealkylation sites (tertiary alicyclic amines) is 1. The van der Waals surface area contributed by atoms with Crippen molar-refractivity contribution in [2.24, 2.45) is 11.3 Å². The molecule has 0 spiro atoms. The van der Waals surface area contributed by atoms with Gasteiger partial charge in [0.25, 0.3) is 0 Å². The van der Waals surface area contributed by atoms with Crippen molar-refractivity contribution in [3.05, 3.63) is 0 Å². The summed E-state index contributed by atoms with van der Waals surface area (Å²) < 4.78 is 0. The minimum absolute atomic E-state index is 0.0496. The first-order valence-electron chi connectivity index (χ1n) is 7.54. The number of hydrogen-bond donors (Lipinski definition) is 2. The molecule has 1 rings (SSSR count). The lowest BCUT2D eigenvalue weighted by Crippen LogP contribution is -2.46. The molecule has 0 radical (unpaired) electrons. The monoisotopic (exact) mass is 284 g/mol. The number of rotatable bonds is 6. The van der Waals surface area contributed by atoms with E-state index in [1.54, 1.807) is 6.92 Å². The summed E-state index contributed by atoms with van der Waals surface area (Å²) in [5.74, 6) is -1.12. The van der Waals surface area contributed by atoms with E-state index in [0.717, 1.165) is 32.5 Å². The minimum Gasteiger partial charge on any atom is -0.481 e. The maximum absolute atomic E-state index is 12.1. The van der Waals surface area contributed by atoms with Crippen molar-refractivity contribution in [1.82, 2.24) is 10.2 Å². The molecular formula is C15H28N2O3. The fourth-order valence-corrected chi connectivity index (χ4v) is 2.53. The van der Waals surface area contributed by atoms with E-state index in [1.165, 1.54) is 0 Å². The lowest BCUT2D eigenvalue weighted by molar-refractivity contribution is -0.153. The van der Waals surface area contributed by atoms with Crippen LogP contribution in [0.15, 0.2) is 0 Å². The average molecular weight is 284 g/mol. The number of nitrogens with zero attached hydrogens (tertiary/aromatic N) is 1. The number of hydrogen-bond acceptors (Lipinski definition) is 3. The molecular weight excluding hydrogens is 256 g/mol. The Bertz CT molecular complexity index is 349. The van der Waals surface area contributed by atoms with Crippen molar-refractivity contribution in [2.75, 3.05) is 19.6 Å². The summed E-state index contributed by atoms with van der Waals surface area (Å²) in [4.78, 5) is 25.8. The van der Waals surface area contributed by atoms with Gasteiger partial charge in [0, 0.05) is 25.6 Å². The van der Waals surface area contributed by atoms with Crippen LogP contribution >= 0.6 is 0 Å². The Morgan fingerprint density at radius 3 is 2.30 bits per heavy atom. The number of piperidine rings is 1. The van der Waals surface area contributed by atoms with Crippen LogP contribution in [0.5, 0.6) is 0 Å². The van der Waals surface area contributed by atoms with Gasteiger partial charge in [-0.3, -0.25) is 9.59 Å². The number of carbonyl (C=O) groups is 2. The van der Waals surface area contributed by atoms with Crippen LogP contribution in [-0.2, 0) is 9.59 Å². The van der Waals surface area contributed by atoms with Crippen LogP contribution in [0.2, 0.25) is 0 Å². The fraction of sp³-hybridized carbons (Fsp3) is 0.867. The molecule has 2 N–H and O–H groups in total. The van der Waals surface area contributed by atoms with Crippen molar-refractivity contribution < 1.29 is 14.7 Å². The number of amides is 1. The standard InChI is InChI=1S/C15H28N2O3/c1-5-17-8-6-12(7-9-17)16-13(18)10-15(4,11(2)3)14(19)20/h11-12H,5-10H2,1-4H3,(H,16,18)(H,19,20). The molecule has 0 bridgehead atoms. The molecule has 116 valence electrons. The molecule has 1 amide bonds. The second kappa shape index (κ2) is 7.07. The molecule has 0 aromatic rings. The van der Waals surface area contributed by atoms with Gasteiger partial charge >= 0.3 is 5.97 Å². The van der Waals surface area contributed by atoms with E-state index >= 15 is 0 Å². The van der Waals surface area contributed by atoms with Crippen molar-refractivity contribution in [1.29, 1.82) is 0 Å². The van der Waals surface area contributed by atoms with E-state index in [0.29, 0.717) is 0 Å². The van der Waals surface area contributed by atoms with Crippen LogP contribution in [0.25, 0.3) is 0 Å². The van der Waals surface area contributed by atoms with E-state index in [1.807, 2.05) is 13.8 Å². The number of aliphatic carboxylic acids is 1.